The predicted molar refractivity (Wildman–Crippen MR) is 77.7 cm³/mol. The van der Waals surface area contributed by atoms with Crippen LogP contribution in [0.4, 0.5) is 0 Å². The minimum Gasteiger partial charge on any atom is -0.497 e. The molecule has 0 saturated heterocycles. The number of allylic oxidation sites excluding steroid dienone is 1. The third-order valence-corrected chi connectivity index (χ3v) is 2.89. The summed E-state index contributed by atoms with van der Waals surface area (Å²) in [5.74, 6) is 0.787. The maximum absolute atomic E-state index is 9.29. The first-order valence-corrected chi connectivity index (χ1v) is 6.06. The summed E-state index contributed by atoms with van der Waals surface area (Å²) >= 11 is 0. The van der Waals surface area contributed by atoms with E-state index in [1.54, 1.807) is 7.11 Å². The SMILES string of the molecule is COc1cccc(/C=C(\C#N)c2ccc(C)cc2)c1. The van der Waals surface area contributed by atoms with Gasteiger partial charge in [-0.05, 0) is 36.3 Å². The van der Waals surface area contributed by atoms with E-state index in [0.29, 0.717) is 5.57 Å². The molecule has 0 aliphatic heterocycles. The van der Waals surface area contributed by atoms with E-state index in [2.05, 4.69) is 6.07 Å². The normalized spacial score (nSPS) is 10.9. The van der Waals surface area contributed by atoms with Crippen molar-refractivity contribution in [3.8, 4) is 11.8 Å². The molecule has 2 heteroatoms. The number of nitriles is 1. The van der Waals surface area contributed by atoms with E-state index in [9.17, 15) is 5.26 Å². The number of nitrogens with zero attached hydrogens (tertiary/aromatic N) is 1. The van der Waals surface area contributed by atoms with E-state index >= 15 is 0 Å². The number of methoxy groups -OCH3 is 1. The van der Waals surface area contributed by atoms with Gasteiger partial charge in [0.1, 0.15) is 5.75 Å². The van der Waals surface area contributed by atoms with Crippen molar-refractivity contribution >= 4 is 11.6 Å². The van der Waals surface area contributed by atoms with Crippen LogP contribution < -0.4 is 4.74 Å². The van der Waals surface area contributed by atoms with E-state index in [0.717, 1.165) is 16.9 Å². The molecule has 0 amide bonds. The molecule has 0 N–H and O–H groups in total. The van der Waals surface area contributed by atoms with Crippen LogP contribution in [0.5, 0.6) is 5.75 Å². The molecular formula is C17H15NO. The Morgan fingerprint density at radius 2 is 1.89 bits per heavy atom. The van der Waals surface area contributed by atoms with Crippen LogP contribution >= 0.6 is 0 Å². The van der Waals surface area contributed by atoms with Gasteiger partial charge in [0.25, 0.3) is 0 Å². The zero-order valence-electron chi connectivity index (χ0n) is 11.1. The lowest BCUT2D eigenvalue weighted by Gasteiger charge is -2.03. The summed E-state index contributed by atoms with van der Waals surface area (Å²) in [4.78, 5) is 0. The summed E-state index contributed by atoms with van der Waals surface area (Å²) in [5, 5.41) is 9.29. The van der Waals surface area contributed by atoms with Crippen molar-refractivity contribution in [2.45, 2.75) is 6.92 Å². The van der Waals surface area contributed by atoms with Crippen LogP contribution in [0.25, 0.3) is 11.6 Å². The first-order chi connectivity index (χ1) is 9.22. The van der Waals surface area contributed by atoms with Gasteiger partial charge < -0.3 is 4.74 Å². The molecule has 0 fully saturated rings. The lowest BCUT2D eigenvalue weighted by Crippen LogP contribution is -1.85. The van der Waals surface area contributed by atoms with Gasteiger partial charge in [0.15, 0.2) is 0 Å². The third-order valence-electron chi connectivity index (χ3n) is 2.89. The first kappa shape index (κ1) is 12.9. The maximum Gasteiger partial charge on any atom is 0.119 e. The van der Waals surface area contributed by atoms with E-state index < -0.39 is 0 Å². The molecule has 0 spiro atoms. The maximum atomic E-state index is 9.29. The Hall–Kier alpha value is -2.53. The van der Waals surface area contributed by atoms with Crippen LogP contribution in [-0.4, -0.2) is 7.11 Å². The van der Waals surface area contributed by atoms with Crippen molar-refractivity contribution in [1.29, 1.82) is 5.26 Å². The summed E-state index contributed by atoms with van der Waals surface area (Å²) in [6, 6.07) is 17.8. The van der Waals surface area contributed by atoms with Gasteiger partial charge in [-0.3, -0.25) is 0 Å². The summed E-state index contributed by atoms with van der Waals surface area (Å²) in [6.07, 6.45) is 1.87. The fourth-order valence-corrected chi connectivity index (χ4v) is 1.81. The van der Waals surface area contributed by atoms with Crippen LogP contribution in [0.15, 0.2) is 48.5 Å². The molecule has 19 heavy (non-hydrogen) atoms. The van der Waals surface area contributed by atoms with Crippen molar-refractivity contribution in [2.75, 3.05) is 7.11 Å². The highest BCUT2D eigenvalue weighted by atomic mass is 16.5. The van der Waals surface area contributed by atoms with Gasteiger partial charge in [0.2, 0.25) is 0 Å². The molecule has 0 saturated carbocycles. The Bertz CT molecular complexity index is 633. The molecule has 2 nitrogen and oxygen atoms in total. The van der Waals surface area contributed by atoms with Gasteiger partial charge in [-0.2, -0.15) is 5.26 Å². The third kappa shape index (κ3) is 3.23. The van der Waals surface area contributed by atoms with Gasteiger partial charge in [0.05, 0.1) is 18.8 Å². The van der Waals surface area contributed by atoms with Crippen LogP contribution in [0.1, 0.15) is 16.7 Å². The van der Waals surface area contributed by atoms with Crippen LogP contribution in [0.2, 0.25) is 0 Å². The Balaban J connectivity index is 2.38. The summed E-state index contributed by atoms with van der Waals surface area (Å²) in [7, 11) is 1.63. The zero-order chi connectivity index (χ0) is 13.7. The molecule has 0 heterocycles. The predicted octanol–water partition coefficient (Wildman–Crippen LogP) is 4.07. The minimum atomic E-state index is 0.647. The fraction of sp³-hybridized carbons (Fsp3) is 0.118. The minimum absolute atomic E-state index is 0.647. The average Bonchev–Trinajstić information content (AvgIpc) is 2.46. The van der Waals surface area contributed by atoms with E-state index in [1.807, 2.05) is 61.5 Å². The molecule has 0 atom stereocenters. The van der Waals surface area contributed by atoms with Crippen LogP contribution in [0.3, 0.4) is 0 Å². The van der Waals surface area contributed by atoms with E-state index in [4.69, 9.17) is 4.74 Å². The Kier molecular flexibility index (Phi) is 4.00. The lowest BCUT2D eigenvalue weighted by atomic mass is 10.0. The fourth-order valence-electron chi connectivity index (χ4n) is 1.81. The molecule has 0 aliphatic carbocycles. The van der Waals surface area contributed by atoms with Crippen molar-refractivity contribution in [3.63, 3.8) is 0 Å². The van der Waals surface area contributed by atoms with Crippen molar-refractivity contribution in [2.24, 2.45) is 0 Å². The molecule has 0 aliphatic rings. The summed E-state index contributed by atoms with van der Waals surface area (Å²) in [6.45, 7) is 2.03. The van der Waals surface area contributed by atoms with Gasteiger partial charge in [-0.1, -0.05) is 42.0 Å². The summed E-state index contributed by atoms with van der Waals surface area (Å²) < 4.78 is 5.18. The van der Waals surface area contributed by atoms with Crippen molar-refractivity contribution in [3.05, 3.63) is 65.2 Å². The molecular weight excluding hydrogens is 234 g/mol. The Morgan fingerprint density at radius 1 is 1.16 bits per heavy atom. The standard InChI is InChI=1S/C17H15NO/c1-13-6-8-15(9-7-13)16(12-18)10-14-4-3-5-17(11-14)19-2/h3-11H,1-2H3/b16-10+. The monoisotopic (exact) mass is 249 g/mol. The number of rotatable bonds is 3. The number of hydrogen-bond acceptors (Lipinski definition) is 2. The van der Waals surface area contributed by atoms with Crippen molar-refractivity contribution in [1.82, 2.24) is 0 Å². The Morgan fingerprint density at radius 3 is 2.53 bits per heavy atom. The quantitative estimate of drug-likeness (QED) is 0.607. The van der Waals surface area contributed by atoms with E-state index in [-0.39, 0.29) is 0 Å². The lowest BCUT2D eigenvalue weighted by molar-refractivity contribution is 0.414. The number of hydrogen-bond donors (Lipinski definition) is 0. The molecule has 0 unspecified atom stereocenters. The molecule has 2 aromatic rings. The van der Waals surface area contributed by atoms with Gasteiger partial charge in [-0.15, -0.1) is 0 Å². The molecule has 0 radical (unpaired) electrons. The largest absolute Gasteiger partial charge is 0.497 e. The highest BCUT2D eigenvalue weighted by molar-refractivity contribution is 5.89. The number of aryl methyl sites for hydroxylation is 1. The molecule has 94 valence electrons. The average molecular weight is 249 g/mol. The number of benzene rings is 2. The van der Waals surface area contributed by atoms with Crippen LogP contribution in [-0.2, 0) is 0 Å². The van der Waals surface area contributed by atoms with Gasteiger partial charge in [0, 0.05) is 0 Å². The molecule has 2 aromatic carbocycles. The second-order valence-corrected chi connectivity index (χ2v) is 4.31. The second kappa shape index (κ2) is 5.88. The highest BCUT2D eigenvalue weighted by Crippen LogP contribution is 2.20. The smallest absolute Gasteiger partial charge is 0.119 e. The van der Waals surface area contributed by atoms with Gasteiger partial charge >= 0.3 is 0 Å². The topological polar surface area (TPSA) is 33.0 Å². The number of ether oxygens (including phenoxy) is 1. The van der Waals surface area contributed by atoms with E-state index in [1.165, 1.54) is 5.56 Å². The molecule has 0 aromatic heterocycles. The van der Waals surface area contributed by atoms with Crippen LogP contribution in [0, 0.1) is 18.3 Å². The molecule has 2 rings (SSSR count). The van der Waals surface area contributed by atoms with Gasteiger partial charge in [-0.25, -0.2) is 0 Å². The summed E-state index contributed by atoms with van der Waals surface area (Å²) in [5.41, 5.74) is 3.71. The second-order valence-electron chi connectivity index (χ2n) is 4.31. The zero-order valence-corrected chi connectivity index (χ0v) is 11.1. The first-order valence-electron chi connectivity index (χ1n) is 6.06. The van der Waals surface area contributed by atoms with Crippen molar-refractivity contribution < 1.29 is 4.74 Å². The molecule has 0 bridgehead atoms. The Labute approximate surface area is 113 Å². The highest BCUT2D eigenvalue weighted by Gasteiger charge is 2.01.